The van der Waals surface area contributed by atoms with Crippen molar-refractivity contribution in [3.63, 3.8) is 0 Å². The van der Waals surface area contributed by atoms with Crippen molar-refractivity contribution in [1.29, 1.82) is 0 Å². The number of alkyl halides is 1. The number of halogens is 1. The molecule has 0 aliphatic rings. The van der Waals surface area contributed by atoms with E-state index >= 15 is 0 Å². The molecule has 5 heteroatoms. The normalized spacial score (nSPS) is 11.2. The lowest BCUT2D eigenvalue weighted by Gasteiger charge is -2.11. The molecule has 0 heterocycles. The molecule has 0 spiro atoms. The van der Waals surface area contributed by atoms with Gasteiger partial charge in [-0.25, -0.2) is 8.42 Å². The zero-order valence-electron chi connectivity index (χ0n) is 10.2. The zero-order valence-corrected chi connectivity index (χ0v) is 12.6. The zero-order chi connectivity index (χ0) is 13.7. The first-order valence-electron chi connectivity index (χ1n) is 5.79. The Kier molecular flexibility index (Phi) is 4.61. The van der Waals surface area contributed by atoms with Crippen LogP contribution in [0.2, 0.25) is 0 Å². The molecular weight excluding hydrogens is 326 g/mol. The first kappa shape index (κ1) is 14.1. The minimum atomic E-state index is -3.32. The van der Waals surface area contributed by atoms with E-state index in [1.54, 1.807) is 6.07 Å². The lowest BCUT2D eigenvalue weighted by molar-refractivity contribution is 0.606. The van der Waals surface area contributed by atoms with Crippen molar-refractivity contribution in [2.45, 2.75) is 6.42 Å². The average molecular weight is 340 g/mol. The summed E-state index contributed by atoms with van der Waals surface area (Å²) < 4.78 is 25.7. The number of hydrogen-bond acceptors (Lipinski definition) is 2. The van der Waals surface area contributed by atoms with Gasteiger partial charge in [0.05, 0.1) is 5.69 Å². The summed E-state index contributed by atoms with van der Waals surface area (Å²) in [6, 6.07) is 17.4. The van der Waals surface area contributed by atoms with Gasteiger partial charge in [-0.2, -0.15) is 0 Å². The summed E-state index contributed by atoms with van der Waals surface area (Å²) in [5, 5.41) is 0. The van der Waals surface area contributed by atoms with Crippen LogP contribution in [0.5, 0.6) is 0 Å². The van der Waals surface area contributed by atoms with Gasteiger partial charge in [0.25, 0.3) is 0 Å². The molecule has 3 nitrogen and oxygen atoms in total. The van der Waals surface area contributed by atoms with Crippen molar-refractivity contribution in [2.24, 2.45) is 0 Å². The monoisotopic (exact) mass is 339 g/mol. The van der Waals surface area contributed by atoms with Gasteiger partial charge in [0, 0.05) is 0 Å². The van der Waals surface area contributed by atoms with E-state index in [9.17, 15) is 8.42 Å². The van der Waals surface area contributed by atoms with E-state index in [1.807, 2.05) is 48.5 Å². The van der Waals surface area contributed by atoms with Crippen LogP contribution in [-0.4, -0.2) is 13.1 Å². The second kappa shape index (κ2) is 6.21. The summed E-state index contributed by atoms with van der Waals surface area (Å²) in [6.45, 7) is 0. The summed E-state index contributed by atoms with van der Waals surface area (Å²) in [6.07, 6.45) is 0.696. The minimum Gasteiger partial charge on any atom is -0.283 e. The molecule has 0 aliphatic heterocycles. The molecule has 0 unspecified atom stereocenters. The van der Waals surface area contributed by atoms with Gasteiger partial charge in [0.2, 0.25) is 10.0 Å². The summed E-state index contributed by atoms with van der Waals surface area (Å²) in [5.74, 6) is 0. The second-order valence-electron chi connectivity index (χ2n) is 4.15. The summed E-state index contributed by atoms with van der Waals surface area (Å²) in [4.78, 5) is 0. The van der Waals surface area contributed by atoms with Crippen molar-refractivity contribution in [2.75, 3.05) is 9.38 Å². The Morgan fingerprint density at radius 2 is 1.58 bits per heavy atom. The van der Waals surface area contributed by atoms with Gasteiger partial charge >= 0.3 is 0 Å². The molecule has 2 rings (SSSR count). The fraction of sp³-hybridized carbons (Fsp3) is 0.143. The Balaban J connectivity index is 2.27. The molecule has 0 radical (unpaired) electrons. The number of sulfonamides is 1. The van der Waals surface area contributed by atoms with E-state index in [2.05, 4.69) is 20.7 Å². The van der Waals surface area contributed by atoms with Crippen LogP contribution in [0.25, 0.3) is 0 Å². The quantitative estimate of drug-likeness (QED) is 0.849. The van der Waals surface area contributed by atoms with Crippen LogP contribution < -0.4 is 4.72 Å². The fourth-order valence-corrected chi connectivity index (χ4v) is 2.72. The molecule has 19 heavy (non-hydrogen) atoms. The van der Waals surface area contributed by atoms with Crippen LogP contribution in [-0.2, 0) is 16.4 Å². The number of nitrogens with one attached hydrogen (secondary N) is 1. The SMILES string of the molecule is O=S(=O)(CBr)Nc1ccccc1Cc1ccccc1. The maximum absolute atomic E-state index is 11.6. The van der Waals surface area contributed by atoms with E-state index in [0.29, 0.717) is 12.1 Å². The molecule has 1 N–H and O–H groups in total. The predicted octanol–water partition coefficient (Wildman–Crippen LogP) is 3.37. The van der Waals surface area contributed by atoms with Crippen LogP contribution in [0.1, 0.15) is 11.1 Å². The van der Waals surface area contributed by atoms with E-state index in [4.69, 9.17) is 0 Å². The molecule has 0 aromatic heterocycles. The Bertz CT molecular complexity index is 642. The van der Waals surface area contributed by atoms with E-state index in [-0.39, 0.29) is 4.66 Å². The van der Waals surface area contributed by atoms with Crippen molar-refractivity contribution < 1.29 is 8.42 Å². The summed E-state index contributed by atoms with van der Waals surface area (Å²) in [5.41, 5.74) is 2.73. The lowest BCUT2D eigenvalue weighted by atomic mass is 10.0. The molecule has 0 bridgehead atoms. The van der Waals surface area contributed by atoms with Gasteiger partial charge in [-0.1, -0.05) is 64.5 Å². The largest absolute Gasteiger partial charge is 0.283 e. The fourth-order valence-electron chi connectivity index (χ4n) is 1.78. The number of anilines is 1. The summed E-state index contributed by atoms with van der Waals surface area (Å²) >= 11 is 2.97. The Labute approximate surface area is 121 Å². The maximum Gasteiger partial charge on any atom is 0.242 e. The molecule has 100 valence electrons. The molecule has 0 aliphatic carbocycles. The minimum absolute atomic E-state index is 0.111. The van der Waals surface area contributed by atoms with E-state index < -0.39 is 10.0 Å². The van der Waals surface area contributed by atoms with Gasteiger partial charge in [0.1, 0.15) is 4.66 Å². The number of hydrogen-bond donors (Lipinski definition) is 1. The molecule has 0 fully saturated rings. The molecule has 2 aromatic rings. The molecule has 0 saturated carbocycles. The highest BCUT2D eigenvalue weighted by atomic mass is 79.9. The Morgan fingerprint density at radius 3 is 2.26 bits per heavy atom. The van der Waals surface area contributed by atoms with Gasteiger partial charge in [-0.15, -0.1) is 0 Å². The van der Waals surface area contributed by atoms with Crippen LogP contribution >= 0.6 is 15.9 Å². The van der Waals surface area contributed by atoms with Gasteiger partial charge in [-0.05, 0) is 23.6 Å². The van der Waals surface area contributed by atoms with Crippen LogP contribution in [0, 0.1) is 0 Å². The van der Waals surface area contributed by atoms with Crippen LogP contribution in [0.3, 0.4) is 0 Å². The number of benzene rings is 2. The molecule has 0 saturated heterocycles. The van der Waals surface area contributed by atoms with Crippen molar-refractivity contribution in [3.05, 3.63) is 65.7 Å². The van der Waals surface area contributed by atoms with Crippen molar-refractivity contribution in [3.8, 4) is 0 Å². The number of rotatable bonds is 5. The standard InChI is InChI=1S/C14H14BrNO2S/c15-11-19(17,18)16-14-9-5-4-8-13(14)10-12-6-2-1-3-7-12/h1-9,16H,10-11H2. The molecule has 0 atom stereocenters. The third-order valence-corrected chi connectivity index (χ3v) is 5.29. The number of para-hydroxylation sites is 1. The van der Waals surface area contributed by atoms with E-state index in [0.717, 1.165) is 11.1 Å². The van der Waals surface area contributed by atoms with Crippen molar-refractivity contribution >= 4 is 31.6 Å². The topological polar surface area (TPSA) is 46.2 Å². The van der Waals surface area contributed by atoms with Crippen molar-refractivity contribution in [1.82, 2.24) is 0 Å². The second-order valence-corrected chi connectivity index (χ2v) is 7.17. The average Bonchev–Trinajstić information content (AvgIpc) is 2.42. The van der Waals surface area contributed by atoms with E-state index in [1.165, 1.54) is 0 Å². The highest BCUT2D eigenvalue weighted by Gasteiger charge is 2.10. The molecule has 2 aromatic carbocycles. The van der Waals surface area contributed by atoms with Crippen LogP contribution in [0.4, 0.5) is 5.69 Å². The van der Waals surface area contributed by atoms with Crippen LogP contribution in [0.15, 0.2) is 54.6 Å². The highest BCUT2D eigenvalue weighted by Crippen LogP contribution is 2.20. The molecule has 0 amide bonds. The maximum atomic E-state index is 11.6. The Hall–Kier alpha value is -1.33. The van der Waals surface area contributed by atoms with Gasteiger partial charge in [-0.3, -0.25) is 4.72 Å². The van der Waals surface area contributed by atoms with Gasteiger partial charge < -0.3 is 0 Å². The molecular formula is C14H14BrNO2S. The third-order valence-electron chi connectivity index (χ3n) is 2.66. The first-order valence-corrected chi connectivity index (χ1v) is 8.56. The third kappa shape index (κ3) is 4.08. The summed E-state index contributed by atoms with van der Waals surface area (Å²) in [7, 11) is -3.32. The highest BCUT2D eigenvalue weighted by molar-refractivity contribution is 9.10. The van der Waals surface area contributed by atoms with Gasteiger partial charge in [0.15, 0.2) is 0 Å². The Morgan fingerprint density at radius 1 is 0.947 bits per heavy atom. The predicted molar refractivity (Wildman–Crippen MR) is 82.0 cm³/mol. The first-order chi connectivity index (χ1) is 9.11. The lowest BCUT2D eigenvalue weighted by Crippen LogP contribution is -2.14. The smallest absolute Gasteiger partial charge is 0.242 e.